The number of aryl methyl sites for hydroxylation is 2. The van der Waals surface area contributed by atoms with Gasteiger partial charge in [-0.05, 0) is 19.9 Å². The van der Waals surface area contributed by atoms with Gasteiger partial charge < -0.3 is 34.5 Å². The molecule has 1 unspecified atom stereocenters. The van der Waals surface area contributed by atoms with Gasteiger partial charge in [-0.15, -0.1) is 0 Å². The predicted molar refractivity (Wildman–Crippen MR) is 133 cm³/mol. The van der Waals surface area contributed by atoms with Crippen LogP contribution in [0, 0.1) is 25.7 Å². The number of Topliss-reactive ketones (excluding diaryl/α,β-unsaturated/α-hetero) is 2. The molecular weight excluding hydrogens is 530 g/mol. The Morgan fingerprint density at radius 2 is 1.85 bits per heavy atom. The van der Waals surface area contributed by atoms with Gasteiger partial charge in [0.2, 0.25) is 17.5 Å². The summed E-state index contributed by atoms with van der Waals surface area (Å²) >= 11 is 1.25. The van der Waals surface area contributed by atoms with E-state index in [0.717, 1.165) is 11.4 Å². The maximum absolute atomic E-state index is 14.4. The van der Waals surface area contributed by atoms with Crippen LogP contribution in [0.2, 0.25) is 0 Å². The van der Waals surface area contributed by atoms with Gasteiger partial charge in [0.05, 0.1) is 36.8 Å². The Morgan fingerprint density at radius 1 is 1.18 bits per heavy atom. The number of thioether (sulfide) groups is 1. The van der Waals surface area contributed by atoms with Crippen LogP contribution in [0.5, 0.6) is 0 Å². The largest absolute Gasteiger partial charge is 0.449 e. The molecule has 0 radical (unpaired) electrons. The quantitative estimate of drug-likeness (QED) is 0.281. The van der Waals surface area contributed by atoms with Crippen molar-refractivity contribution in [1.29, 1.82) is 0 Å². The predicted octanol–water partition coefficient (Wildman–Crippen LogP) is -0.0666. The van der Waals surface area contributed by atoms with Crippen molar-refractivity contribution in [2.45, 2.75) is 49.5 Å². The van der Waals surface area contributed by atoms with Crippen molar-refractivity contribution in [3.8, 4) is 0 Å². The summed E-state index contributed by atoms with van der Waals surface area (Å²) in [6.07, 6.45) is -1.03. The van der Waals surface area contributed by atoms with E-state index in [9.17, 15) is 19.2 Å². The Bertz CT molecular complexity index is 1310. The number of nitrogens with zero attached hydrogens (tertiary/aromatic N) is 4. The summed E-state index contributed by atoms with van der Waals surface area (Å²) in [5, 5.41) is 0.477. The van der Waals surface area contributed by atoms with Crippen LogP contribution < -0.4 is 5.73 Å². The van der Waals surface area contributed by atoms with Crippen LogP contribution in [0.4, 0.5) is 4.79 Å². The minimum Gasteiger partial charge on any atom is -0.449 e. The first-order chi connectivity index (χ1) is 18.6. The highest BCUT2D eigenvalue weighted by Crippen LogP contribution is 2.61. The molecule has 0 aromatic carbocycles. The van der Waals surface area contributed by atoms with Crippen molar-refractivity contribution in [2.24, 2.45) is 17.6 Å². The highest BCUT2D eigenvalue weighted by atomic mass is 32.2. The fourth-order valence-corrected chi connectivity index (χ4v) is 7.96. The third kappa shape index (κ3) is 3.58. The van der Waals surface area contributed by atoms with E-state index in [4.69, 9.17) is 24.7 Å². The van der Waals surface area contributed by atoms with Gasteiger partial charge in [0, 0.05) is 43.3 Å². The van der Waals surface area contributed by atoms with E-state index in [1.165, 1.54) is 25.8 Å². The number of ether oxygens (including phenoxy) is 4. The number of fused-ring (bicyclic) bond motifs is 4. The van der Waals surface area contributed by atoms with E-state index in [-0.39, 0.29) is 61.1 Å². The molecular formula is C25H29N5O8S. The molecule has 1 aromatic rings. The van der Waals surface area contributed by atoms with Gasteiger partial charge >= 0.3 is 6.09 Å². The maximum atomic E-state index is 14.4. The van der Waals surface area contributed by atoms with Crippen LogP contribution in [-0.2, 0) is 33.3 Å². The van der Waals surface area contributed by atoms with Crippen LogP contribution in [0.1, 0.15) is 18.3 Å². The summed E-state index contributed by atoms with van der Waals surface area (Å²) in [5.74, 6) is -4.62. The molecule has 2 N–H and O–H groups in total. The SMILES string of the molecule is CO[C@@]12[C@H](COC(N)=O)C3=C(C(=O)C(CSc4nc(C)cc(C)n4)C4(OCCO4)C3=O)N1C[C@H]1[C@@H]2N1C(C)=O. The summed E-state index contributed by atoms with van der Waals surface area (Å²) in [6.45, 7) is 5.40. The summed E-state index contributed by atoms with van der Waals surface area (Å²) in [5.41, 5.74) is 5.87. The highest BCUT2D eigenvalue weighted by molar-refractivity contribution is 7.99. The van der Waals surface area contributed by atoms with Crippen LogP contribution >= 0.6 is 11.8 Å². The number of rotatable bonds is 6. The van der Waals surface area contributed by atoms with Crippen molar-refractivity contribution in [1.82, 2.24) is 19.8 Å². The topological polar surface area (TPSA) is 163 Å². The first kappa shape index (κ1) is 26.2. The molecule has 1 aliphatic carbocycles. The molecule has 1 spiro atoms. The summed E-state index contributed by atoms with van der Waals surface area (Å²) < 4.78 is 23.2. The Kier molecular flexibility index (Phi) is 6.02. The number of allylic oxidation sites excluding steroid dienone is 1. The number of carbonyl (C=O) groups excluding carboxylic acids is 4. The molecule has 1 aromatic heterocycles. The van der Waals surface area contributed by atoms with Gasteiger partial charge in [0.25, 0.3) is 0 Å². The lowest BCUT2D eigenvalue weighted by Gasteiger charge is -2.41. The Labute approximate surface area is 228 Å². The number of carbonyl (C=O) groups is 4. The fraction of sp³-hybridized carbons (Fsp3) is 0.600. The Hall–Kier alpha value is -3.07. The molecule has 3 fully saturated rings. The molecule has 39 heavy (non-hydrogen) atoms. The number of nitrogens with two attached hydrogens (primary N) is 1. The normalized spacial score (nSPS) is 32.0. The molecule has 13 nitrogen and oxygen atoms in total. The van der Waals surface area contributed by atoms with Crippen LogP contribution in [0.15, 0.2) is 22.5 Å². The molecule has 5 aliphatic rings. The van der Waals surface area contributed by atoms with Crippen molar-refractivity contribution < 1.29 is 38.1 Å². The van der Waals surface area contributed by atoms with Crippen LogP contribution in [0.25, 0.3) is 0 Å². The Balaban J connectivity index is 1.42. The summed E-state index contributed by atoms with van der Waals surface area (Å²) in [7, 11) is 1.46. The zero-order valence-corrected chi connectivity index (χ0v) is 22.8. The number of primary amides is 1. The molecule has 208 valence electrons. The number of aromatic nitrogens is 2. The average molecular weight is 560 g/mol. The van der Waals surface area contributed by atoms with Gasteiger partial charge in [-0.25, -0.2) is 14.8 Å². The maximum Gasteiger partial charge on any atom is 0.404 e. The number of hydrogen-bond donors (Lipinski definition) is 1. The second-order valence-electron chi connectivity index (χ2n) is 10.3. The van der Waals surface area contributed by atoms with Crippen molar-refractivity contribution in [2.75, 3.05) is 39.2 Å². The minimum atomic E-state index is -1.84. The summed E-state index contributed by atoms with van der Waals surface area (Å²) in [6, 6.07) is 1.20. The first-order valence-corrected chi connectivity index (χ1v) is 13.7. The zero-order valence-electron chi connectivity index (χ0n) is 22.0. The molecule has 5 atom stereocenters. The monoisotopic (exact) mass is 559 g/mol. The van der Waals surface area contributed by atoms with Crippen molar-refractivity contribution in [3.05, 3.63) is 28.7 Å². The van der Waals surface area contributed by atoms with Gasteiger partial charge in [-0.3, -0.25) is 14.4 Å². The number of hydrogen-bond acceptors (Lipinski definition) is 12. The van der Waals surface area contributed by atoms with Gasteiger partial charge in [-0.2, -0.15) is 0 Å². The Morgan fingerprint density at radius 3 is 2.44 bits per heavy atom. The molecule has 5 heterocycles. The van der Waals surface area contributed by atoms with Crippen molar-refractivity contribution >= 4 is 35.3 Å². The van der Waals surface area contributed by atoms with Crippen LogP contribution in [0.3, 0.4) is 0 Å². The standard InChI is InChI=1S/C25H29N5O8S/c1-11-7-12(2)28-23(27-11)39-10-15-19(32)18-17(21(33)25(15)37-5-6-38-25)14(9-36-22(26)34)24(35-4)20-16(8-29(18)24)30(20)13(3)31/h7,14-16,20H,5-6,8-10H2,1-4H3,(H2,26,34)/t14-,15?,16+,20+,24-,30?/m1/s1. The molecule has 4 aliphatic heterocycles. The lowest BCUT2D eigenvalue weighted by molar-refractivity contribution is -0.197. The average Bonchev–Trinajstić information content (AvgIpc) is 3.15. The number of methoxy groups -OCH3 is 1. The molecule has 14 heteroatoms. The van der Waals surface area contributed by atoms with Gasteiger partial charge in [0.15, 0.2) is 16.7 Å². The molecule has 6 rings (SSSR count). The number of amides is 2. The van der Waals surface area contributed by atoms with E-state index in [2.05, 4.69) is 9.97 Å². The third-order valence-electron chi connectivity index (χ3n) is 8.23. The van der Waals surface area contributed by atoms with E-state index in [1.54, 1.807) is 9.80 Å². The number of piperazine rings is 1. The zero-order chi connectivity index (χ0) is 27.9. The first-order valence-electron chi connectivity index (χ1n) is 12.7. The third-order valence-corrected chi connectivity index (χ3v) is 9.17. The second-order valence-corrected chi connectivity index (χ2v) is 11.3. The molecule has 2 amide bonds. The van der Waals surface area contributed by atoms with E-state index in [0.29, 0.717) is 5.16 Å². The van der Waals surface area contributed by atoms with E-state index in [1.807, 2.05) is 19.9 Å². The lowest BCUT2D eigenvalue weighted by Crippen LogP contribution is -2.56. The molecule has 3 saturated heterocycles. The van der Waals surface area contributed by atoms with E-state index < -0.39 is 41.3 Å². The van der Waals surface area contributed by atoms with Gasteiger partial charge in [0.1, 0.15) is 12.6 Å². The molecule has 0 saturated carbocycles. The van der Waals surface area contributed by atoms with Crippen molar-refractivity contribution in [3.63, 3.8) is 0 Å². The second kappa shape index (κ2) is 8.98. The fourth-order valence-electron chi connectivity index (χ4n) is 6.86. The summed E-state index contributed by atoms with van der Waals surface area (Å²) in [4.78, 5) is 65.0. The van der Waals surface area contributed by atoms with E-state index >= 15 is 0 Å². The smallest absolute Gasteiger partial charge is 0.404 e. The highest BCUT2D eigenvalue weighted by Gasteiger charge is 2.79. The number of ketones is 2. The van der Waals surface area contributed by atoms with Crippen LogP contribution in [-0.4, -0.2) is 106 Å². The lowest BCUT2D eigenvalue weighted by atomic mass is 9.76. The minimum absolute atomic E-state index is 0.114. The molecule has 0 bridgehead atoms. The van der Waals surface area contributed by atoms with Gasteiger partial charge in [-0.1, -0.05) is 11.8 Å².